The van der Waals surface area contributed by atoms with Gasteiger partial charge in [0.05, 0.1) is 12.1 Å². The molecule has 1 aliphatic rings. The fourth-order valence-corrected chi connectivity index (χ4v) is 3.45. The first-order valence-electron chi connectivity index (χ1n) is 8.14. The van der Waals surface area contributed by atoms with Gasteiger partial charge in [-0.2, -0.15) is 0 Å². The van der Waals surface area contributed by atoms with Crippen molar-refractivity contribution in [3.8, 4) is 17.0 Å². The number of amides is 2. The topological polar surface area (TPSA) is 80.3 Å². The number of hydrogen-bond donors (Lipinski definition) is 2. The molecule has 0 fully saturated rings. The van der Waals surface area contributed by atoms with E-state index in [1.165, 1.54) is 23.5 Å². The average molecular weight is 383 g/mol. The summed E-state index contributed by atoms with van der Waals surface area (Å²) in [6, 6.07) is 11.5. The number of ether oxygens (including phenoxy) is 1. The lowest BCUT2D eigenvalue weighted by molar-refractivity contribution is -0.118. The molecule has 27 heavy (non-hydrogen) atoms. The quantitative estimate of drug-likeness (QED) is 0.707. The molecule has 6 nitrogen and oxygen atoms in total. The van der Waals surface area contributed by atoms with Crippen LogP contribution in [0.15, 0.2) is 47.8 Å². The van der Waals surface area contributed by atoms with Crippen LogP contribution in [0.3, 0.4) is 0 Å². The second-order valence-corrected chi connectivity index (χ2v) is 6.76. The van der Waals surface area contributed by atoms with Crippen LogP contribution in [0.1, 0.15) is 5.56 Å². The van der Waals surface area contributed by atoms with E-state index in [-0.39, 0.29) is 18.3 Å². The lowest BCUT2D eigenvalue weighted by Crippen LogP contribution is -2.20. The Balaban J connectivity index is 1.40. The van der Waals surface area contributed by atoms with Crippen LogP contribution in [-0.2, 0) is 16.0 Å². The van der Waals surface area contributed by atoms with Crippen LogP contribution in [0.25, 0.3) is 11.3 Å². The van der Waals surface area contributed by atoms with Crippen molar-refractivity contribution >= 4 is 34.0 Å². The monoisotopic (exact) mass is 383 g/mol. The van der Waals surface area contributed by atoms with Crippen molar-refractivity contribution in [3.05, 3.63) is 59.2 Å². The number of nitrogens with zero attached hydrogens (tertiary/aromatic N) is 1. The van der Waals surface area contributed by atoms with E-state index in [1.807, 2.05) is 23.6 Å². The van der Waals surface area contributed by atoms with Crippen LogP contribution in [-0.4, -0.2) is 23.4 Å². The van der Waals surface area contributed by atoms with Gasteiger partial charge >= 0.3 is 0 Å². The third-order valence-corrected chi connectivity index (χ3v) is 4.73. The molecule has 3 aromatic rings. The summed E-state index contributed by atoms with van der Waals surface area (Å²) in [6.45, 7) is -0.317. The number of carbonyl (C=O) groups excluding carboxylic acids is 2. The summed E-state index contributed by atoms with van der Waals surface area (Å²) in [7, 11) is 0. The van der Waals surface area contributed by atoms with Crippen molar-refractivity contribution in [1.29, 1.82) is 0 Å². The summed E-state index contributed by atoms with van der Waals surface area (Å²) in [5.41, 5.74) is 3.31. The van der Waals surface area contributed by atoms with Crippen LogP contribution in [0.4, 0.5) is 15.2 Å². The molecular formula is C19H14FN3O3S. The fourth-order valence-electron chi connectivity index (χ4n) is 2.71. The van der Waals surface area contributed by atoms with Gasteiger partial charge in [0.15, 0.2) is 23.3 Å². The number of halogens is 1. The highest BCUT2D eigenvalue weighted by atomic mass is 32.1. The molecule has 136 valence electrons. The summed E-state index contributed by atoms with van der Waals surface area (Å²) in [6.07, 6.45) is 0.351. The van der Waals surface area contributed by atoms with E-state index < -0.39 is 11.7 Å². The van der Waals surface area contributed by atoms with Gasteiger partial charge in [0, 0.05) is 16.6 Å². The Morgan fingerprint density at radius 3 is 3.00 bits per heavy atom. The summed E-state index contributed by atoms with van der Waals surface area (Å²) >= 11 is 1.28. The Morgan fingerprint density at radius 1 is 1.30 bits per heavy atom. The molecule has 2 aromatic carbocycles. The van der Waals surface area contributed by atoms with Crippen LogP contribution < -0.4 is 15.4 Å². The molecule has 0 aliphatic carbocycles. The Labute approximate surface area is 158 Å². The average Bonchev–Trinajstić information content (AvgIpc) is 3.25. The van der Waals surface area contributed by atoms with Gasteiger partial charge in [0.25, 0.3) is 5.91 Å². The van der Waals surface area contributed by atoms with Crippen molar-refractivity contribution in [2.24, 2.45) is 0 Å². The normalized spacial score (nSPS) is 12.4. The van der Waals surface area contributed by atoms with Crippen molar-refractivity contribution in [2.75, 3.05) is 17.2 Å². The number of benzene rings is 2. The molecule has 0 radical (unpaired) electrons. The molecule has 2 amide bonds. The second kappa shape index (κ2) is 7.16. The number of aromatic nitrogens is 1. The van der Waals surface area contributed by atoms with E-state index in [1.54, 1.807) is 12.1 Å². The molecule has 4 rings (SSSR count). The number of fused-ring (bicyclic) bond motifs is 1. The maximum absolute atomic E-state index is 13.5. The zero-order valence-electron chi connectivity index (χ0n) is 14.0. The molecule has 0 saturated carbocycles. The number of hydrogen-bond acceptors (Lipinski definition) is 5. The minimum absolute atomic E-state index is 0.0220. The number of nitrogens with one attached hydrogen (secondary N) is 2. The lowest BCUT2D eigenvalue weighted by atomic mass is 10.1. The lowest BCUT2D eigenvalue weighted by Gasteiger charge is -2.06. The van der Waals surface area contributed by atoms with Gasteiger partial charge in [-0.15, -0.1) is 11.3 Å². The summed E-state index contributed by atoms with van der Waals surface area (Å²) in [4.78, 5) is 27.8. The van der Waals surface area contributed by atoms with Gasteiger partial charge < -0.3 is 10.1 Å². The first-order valence-corrected chi connectivity index (χ1v) is 9.02. The number of anilines is 2. The summed E-state index contributed by atoms with van der Waals surface area (Å²) in [5.74, 6) is -0.952. The summed E-state index contributed by atoms with van der Waals surface area (Å²) in [5, 5.41) is 7.66. The van der Waals surface area contributed by atoms with Gasteiger partial charge in [-0.05, 0) is 29.8 Å². The van der Waals surface area contributed by atoms with Crippen molar-refractivity contribution < 1.29 is 18.7 Å². The summed E-state index contributed by atoms with van der Waals surface area (Å²) < 4.78 is 18.7. The first-order chi connectivity index (χ1) is 13.1. The van der Waals surface area contributed by atoms with E-state index >= 15 is 0 Å². The van der Waals surface area contributed by atoms with Crippen LogP contribution in [0, 0.1) is 5.82 Å². The smallest absolute Gasteiger partial charge is 0.264 e. The van der Waals surface area contributed by atoms with Crippen LogP contribution in [0.2, 0.25) is 0 Å². The molecule has 2 heterocycles. The van der Waals surface area contributed by atoms with Gasteiger partial charge in [-0.25, -0.2) is 9.37 Å². The SMILES string of the molecule is O=C(COc1ccccc1F)Nc1nc(-c2ccc3c(c2)CC(=O)N3)cs1. The van der Waals surface area contributed by atoms with Gasteiger partial charge in [0.1, 0.15) is 0 Å². The standard InChI is InChI=1S/C19H14FN3O3S/c20-13-3-1-2-4-16(13)26-9-18(25)23-19-22-15(10-27-19)11-5-6-14-12(7-11)8-17(24)21-14/h1-7,10H,8-9H2,(H,21,24)(H,22,23,25). The minimum Gasteiger partial charge on any atom is -0.481 e. The molecule has 0 unspecified atom stereocenters. The van der Waals surface area contributed by atoms with E-state index in [4.69, 9.17) is 4.74 Å². The molecule has 1 aromatic heterocycles. The third kappa shape index (κ3) is 3.80. The van der Waals surface area contributed by atoms with Gasteiger partial charge in [-0.3, -0.25) is 14.9 Å². The Hall–Kier alpha value is -3.26. The van der Waals surface area contributed by atoms with Crippen molar-refractivity contribution in [1.82, 2.24) is 4.98 Å². The molecule has 0 bridgehead atoms. The molecule has 0 atom stereocenters. The Bertz CT molecular complexity index is 1030. The van der Waals surface area contributed by atoms with Crippen LogP contribution >= 0.6 is 11.3 Å². The second-order valence-electron chi connectivity index (χ2n) is 5.90. The number of rotatable bonds is 5. The largest absolute Gasteiger partial charge is 0.481 e. The zero-order valence-corrected chi connectivity index (χ0v) is 14.8. The molecule has 8 heteroatoms. The minimum atomic E-state index is -0.522. The van der Waals surface area contributed by atoms with Crippen molar-refractivity contribution in [3.63, 3.8) is 0 Å². The van der Waals surface area contributed by atoms with Crippen molar-refractivity contribution in [2.45, 2.75) is 6.42 Å². The number of thiazole rings is 1. The van der Waals surface area contributed by atoms with E-state index in [2.05, 4.69) is 15.6 Å². The highest BCUT2D eigenvalue weighted by Gasteiger charge is 2.18. The Morgan fingerprint density at radius 2 is 2.15 bits per heavy atom. The molecular weight excluding hydrogens is 369 g/mol. The zero-order chi connectivity index (χ0) is 18.8. The van der Waals surface area contributed by atoms with E-state index in [0.717, 1.165) is 16.8 Å². The van der Waals surface area contributed by atoms with Crippen LogP contribution in [0.5, 0.6) is 5.75 Å². The maximum Gasteiger partial charge on any atom is 0.264 e. The molecule has 0 spiro atoms. The van der Waals surface area contributed by atoms with E-state index in [0.29, 0.717) is 17.2 Å². The Kier molecular flexibility index (Phi) is 4.55. The first kappa shape index (κ1) is 17.2. The highest BCUT2D eigenvalue weighted by Crippen LogP contribution is 2.30. The van der Waals surface area contributed by atoms with E-state index in [9.17, 15) is 14.0 Å². The molecule has 1 aliphatic heterocycles. The van der Waals surface area contributed by atoms with Gasteiger partial charge in [0.2, 0.25) is 5.91 Å². The fraction of sp³-hybridized carbons (Fsp3) is 0.105. The molecule has 2 N–H and O–H groups in total. The number of carbonyl (C=O) groups is 2. The predicted molar refractivity (Wildman–Crippen MR) is 100 cm³/mol. The number of para-hydroxylation sites is 1. The maximum atomic E-state index is 13.5. The highest BCUT2D eigenvalue weighted by molar-refractivity contribution is 7.14. The third-order valence-electron chi connectivity index (χ3n) is 3.97. The van der Waals surface area contributed by atoms with Gasteiger partial charge in [-0.1, -0.05) is 18.2 Å². The molecule has 0 saturated heterocycles. The predicted octanol–water partition coefficient (Wildman–Crippen LogP) is 3.46.